The van der Waals surface area contributed by atoms with Gasteiger partial charge in [0.1, 0.15) is 0 Å². The van der Waals surface area contributed by atoms with E-state index in [4.69, 9.17) is 0 Å². The van der Waals surface area contributed by atoms with Crippen molar-refractivity contribution >= 4 is 0 Å². The fourth-order valence-corrected chi connectivity index (χ4v) is 2.19. The molecule has 2 heterocycles. The highest BCUT2D eigenvalue weighted by Crippen LogP contribution is 2.31. The Bertz CT molecular complexity index is 111. The van der Waals surface area contributed by atoms with E-state index in [9.17, 15) is 0 Å². The molecule has 9 heavy (non-hydrogen) atoms. The molecule has 51 valence electrons. The van der Waals surface area contributed by atoms with Gasteiger partial charge in [0, 0.05) is 6.04 Å². The van der Waals surface area contributed by atoms with Crippen LogP contribution in [0.4, 0.5) is 0 Å². The molecule has 2 aliphatic rings. The molecular weight excluding hydrogens is 110 g/mol. The number of fused-ring (bicyclic) bond motifs is 1. The molecule has 2 fully saturated rings. The molecular formula is C8H14N. The first-order chi connectivity index (χ1) is 4.38. The van der Waals surface area contributed by atoms with Crippen molar-refractivity contribution in [1.29, 1.82) is 0 Å². The zero-order valence-electron chi connectivity index (χ0n) is 5.84. The van der Waals surface area contributed by atoms with Gasteiger partial charge >= 0.3 is 0 Å². The standard InChI is InChI=1S/C8H14N/c1-7-4-6-9-5-2-3-8(7)9/h7-8H,1-6H2. The molecule has 0 aliphatic carbocycles. The van der Waals surface area contributed by atoms with Crippen molar-refractivity contribution in [3.05, 3.63) is 6.92 Å². The topological polar surface area (TPSA) is 3.24 Å². The fourth-order valence-electron chi connectivity index (χ4n) is 2.19. The van der Waals surface area contributed by atoms with Crippen molar-refractivity contribution in [3.8, 4) is 0 Å². The molecule has 0 bridgehead atoms. The first-order valence-electron chi connectivity index (χ1n) is 3.95. The largest absolute Gasteiger partial charge is 0.300 e. The summed E-state index contributed by atoms with van der Waals surface area (Å²) >= 11 is 0. The molecule has 1 nitrogen and oxygen atoms in total. The Kier molecular flexibility index (Phi) is 1.26. The van der Waals surface area contributed by atoms with Crippen LogP contribution in [0.5, 0.6) is 0 Å². The summed E-state index contributed by atoms with van der Waals surface area (Å²) in [4.78, 5) is 2.59. The van der Waals surface area contributed by atoms with Crippen molar-refractivity contribution in [2.24, 2.45) is 5.92 Å². The van der Waals surface area contributed by atoms with Crippen molar-refractivity contribution in [2.45, 2.75) is 25.3 Å². The van der Waals surface area contributed by atoms with E-state index in [1.54, 1.807) is 0 Å². The van der Waals surface area contributed by atoms with E-state index < -0.39 is 0 Å². The Morgan fingerprint density at radius 1 is 1.22 bits per heavy atom. The highest BCUT2D eigenvalue weighted by atomic mass is 15.2. The number of hydrogen-bond donors (Lipinski definition) is 0. The maximum Gasteiger partial charge on any atom is 0.0124 e. The SMILES string of the molecule is [CH2]C1CCN2CCCC12. The summed E-state index contributed by atoms with van der Waals surface area (Å²) in [7, 11) is 0. The molecule has 1 radical (unpaired) electrons. The zero-order chi connectivity index (χ0) is 6.27. The first kappa shape index (κ1) is 5.72. The lowest BCUT2D eigenvalue weighted by atomic mass is 10.0. The van der Waals surface area contributed by atoms with E-state index in [1.807, 2.05) is 0 Å². The van der Waals surface area contributed by atoms with Gasteiger partial charge < -0.3 is 4.90 Å². The van der Waals surface area contributed by atoms with Gasteiger partial charge in [-0.05, 0) is 45.2 Å². The molecule has 0 aromatic rings. The molecule has 0 aromatic heterocycles. The Morgan fingerprint density at radius 2 is 2.11 bits per heavy atom. The van der Waals surface area contributed by atoms with Crippen LogP contribution in [0.1, 0.15) is 19.3 Å². The minimum atomic E-state index is 0.743. The molecule has 0 spiro atoms. The van der Waals surface area contributed by atoms with Crippen LogP contribution in [-0.4, -0.2) is 24.0 Å². The average Bonchev–Trinajstić information content (AvgIpc) is 2.35. The van der Waals surface area contributed by atoms with Crippen LogP contribution in [-0.2, 0) is 0 Å². The first-order valence-corrected chi connectivity index (χ1v) is 3.95. The predicted octanol–water partition coefficient (Wildman–Crippen LogP) is 1.30. The molecule has 0 N–H and O–H groups in total. The van der Waals surface area contributed by atoms with Crippen molar-refractivity contribution in [3.63, 3.8) is 0 Å². The molecule has 0 aromatic carbocycles. The second-order valence-corrected chi connectivity index (χ2v) is 3.29. The minimum Gasteiger partial charge on any atom is -0.300 e. The molecule has 2 rings (SSSR count). The maximum absolute atomic E-state index is 4.14. The Hall–Kier alpha value is -0.0400. The van der Waals surface area contributed by atoms with E-state index in [0.29, 0.717) is 0 Å². The van der Waals surface area contributed by atoms with Crippen LogP contribution < -0.4 is 0 Å². The lowest BCUT2D eigenvalue weighted by molar-refractivity contribution is 0.307. The monoisotopic (exact) mass is 124 g/mol. The lowest BCUT2D eigenvalue weighted by Crippen LogP contribution is -2.24. The third-order valence-electron chi connectivity index (χ3n) is 2.75. The molecule has 2 unspecified atom stereocenters. The normalized spacial score (nSPS) is 43.7. The molecule has 1 heteroatoms. The van der Waals surface area contributed by atoms with Gasteiger partial charge in [-0.3, -0.25) is 0 Å². The third-order valence-corrected chi connectivity index (χ3v) is 2.75. The summed E-state index contributed by atoms with van der Waals surface area (Å²) in [5.74, 6) is 0.743. The molecule has 2 atom stereocenters. The van der Waals surface area contributed by atoms with Gasteiger partial charge in [-0.15, -0.1) is 0 Å². The van der Waals surface area contributed by atoms with Gasteiger partial charge in [-0.1, -0.05) is 0 Å². The van der Waals surface area contributed by atoms with Crippen LogP contribution in [0.15, 0.2) is 0 Å². The van der Waals surface area contributed by atoms with Crippen molar-refractivity contribution < 1.29 is 0 Å². The Morgan fingerprint density at radius 3 is 2.89 bits per heavy atom. The maximum atomic E-state index is 4.14. The number of rotatable bonds is 0. The fraction of sp³-hybridized carbons (Fsp3) is 0.875. The van der Waals surface area contributed by atoms with Crippen molar-refractivity contribution in [2.75, 3.05) is 13.1 Å². The van der Waals surface area contributed by atoms with Crippen LogP contribution in [0.3, 0.4) is 0 Å². The van der Waals surface area contributed by atoms with Crippen LogP contribution in [0, 0.1) is 12.8 Å². The summed E-state index contributed by atoms with van der Waals surface area (Å²) in [6.45, 7) is 6.80. The van der Waals surface area contributed by atoms with Crippen molar-refractivity contribution in [1.82, 2.24) is 4.90 Å². The van der Waals surface area contributed by atoms with Gasteiger partial charge in [0.05, 0.1) is 0 Å². The summed E-state index contributed by atoms with van der Waals surface area (Å²) in [5.41, 5.74) is 0. The summed E-state index contributed by atoms with van der Waals surface area (Å²) in [5, 5.41) is 0. The summed E-state index contributed by atoms with van der Waals surface area (Å²) < 4.78 is 0. The Labute approximate surface area is 57.0 Å². The summed E-state index contributed by atoms with van der Waals surface area (Å²) in [6, 6.07) is 0.866. The molecule has 0 saturated carbocycles. The highest BCUT2D eigenvalue weighted by molar-refractivity contribution is 4.91. The highest BCUT2D eigenvalue weighted by Gasteiger charge is 2.33. The molecule has 0 amide bonds. The van der Waals surface area contributed by atoms with E-state index >= 15 is 0 Å². The predicted molar refractivity (Wildman–Crippen MR) is 38.1 cm³/mol. The quantitative estimate of drug-likeness (QED) is 0.470. The molecule has 2 saturated heterocycles. The second kappa shape index (κ2) is 1.98. The van der Waals surface area contributed by atoms with E-state index in [-0.39, 0.29) is 0 Å². The Balaban J connectivity index is 2.07. The van der Waals surface area contributed by atoms with E-state index in [1.165, 1.54) is 32.4 Å². The van der Waals surface area contributed by atoms with Gasteiger partial charge in [0.2, 0.25) is 0 Å². The second-order valence-electron chi connectivity index (χ2n) is 3.29. The lowest BCUT2D eigenvalue weighted by Gasteiger charge is -2.15. The van der Waals surface area contributed by atoms with Gasteiger partial charge in [-0.2, -0.15) is 0 Å². The average molecular weight is 124 g/mol. The van der Waals surface area contributed by atoms with Gasteiger partial charge in [0.15, 0.2) is 0 Å². The van der Waals surface area contributed by atoms with Crippen LogP contribution in [0.2, 0.25) is 0 Å². The minimum absolute atomic E-state index is 0.743. The van der Waals surface area contributed by atoms with Gasteiger partial charge in [0.25, 0.3) is 0 Å². The third kappa shape index (κ3) is 0.787. The molecule has 2 aliphatic heterocycles. The number of nitrogens with zero attached hydrogens (tertiary/aromatic N) is 1. The number of hydrogen-bond acceptors (Lipinski definition) is 1. The zero-order valence-corrected chi connectivity index (χ0v) is 5.84. The van der Waals surface area contributed by atoms with E-state index in [2.05, 4.69) is 11.8 Å². The smallest absolute Gasteiger partial charge is 0.0124 e. The van der Waals surface area contributed by atoms with Gasteiger partial charge in [-0.25, -0.2) is 0 Å². The van der Waals surface area contributed by atoms with Crippen LogP contribution in [0.25, 0.3) is 0 Å². The van der Waals surface area contributed by atoms with Crippen LogP contribution >= 0.6 is 0 Å². The van der Waals surface area contributed by atoms with E-state index in [0.717, 1.165) is 12.0 Å². The summed E-state index contributed by atoms with van der Waals surface area (Å²) in [6.07, 6.45) is 4.16.